The normalized spacial score (nSPS) is 10.3. The fourth-order valence-electron chi connectivity index (χ4n) is 2.43. The van der Waals surface area contributed by atoms with E-state index in [-0.39, 0.29) is 12.5 Å². The second-order valence-corrected chi connectivity index (χ2v) is 6.63. The molecule has 2 aromatic heterocycles. The number of nitrogens with two attached hydrogens (primary N) is 1. The number of hydrogen-bond acceptors (Lipinski definition) is 5. The van der Waals surface area contributed by atoms with Crippen LogP contribution in [0.4, 0.5) is 9.80 Å². The SMILES string of the molecule is COc1ccc(-c2cc(C(=O)NCc3ccccn3)c(NC(N)=O)s2)cc1. The van der Waals surface area contributed by atoms with E-state index >= 15 is 0 Å². The summed E-state index contributed by atoms with van der Waals surface area (Å²) < 4.78 is 5.16. The molecule has 138 valence electrons. The van der Waals surface area contributed by atoms with Crippen LogP contribution in [0, 0.1) is 0 Å². The van der Waals surface area contributed by atoms with Gasteiger partial charge in [0.1, 0.15) is 10.8 Å². The zero-order chi connectivity index (χ0) is 19.2. The van der Waals surface area contributed by atoms with Crippen LogP contribution >= 0.6 is 11.3 Å². The molecule has 2 heterocycles. The topological polar surface area (TPSA) is 106 Å². The Balaban J connectivity index is 1.84. The number of pyridine rings is 1. The van der Waals surface area contributed by atoms with Crippen molar-refractivity contribution in [3.05, 3.63) is 66.0 Å². The van der Waals surface area contributed by atoms with Gasteiger partial charge in [-0.15, -0.1) is 11.3 Å². The molecule has 7 nitrogen and oxygen atoms in total. The summed E-state index contributed by atoms with van der Waals surface area (Å²) in [6, 6.07) is 13.9. The van der Waals surface area contributed by atoms with Crippen LogP contribution in [0.25, 0.3) is 10.4 Å². The lowest BCUT2D eigenvalue weighted by Gasteiger charge is -2.05. The molecule has 0 aliphatic rings. The van der Waals surface area contributed by atoms with Crippen molar-refractivity contribution < 1.29 is 14.3 Å². The van der Waals surface area contributed by atoms with Gasteiger partial charge in [0, 0.05) is 11.1 Å². The monoisotopic (exact) mass is 382 g/mol. The molecule has 0 atom stereocenters. The molecule has 0 aliphatic carbocycles. The van der Waals surface area contributed by atoms with Gasteiger partial charge in [0.15, 0.2) is 0 Å². The second kappa shape index (κ2) is 8.33. The highest BCUT2D eigenvalue weighted by Crippen LogP contribution is 2.36. The quantitative estimate of drug-likeness (QED) is 0.608. The first-order chi connectivity index (χ1) is 13.1. The van der Waals surface area contributed by atoms with Crippen LogP contribution in [0.2, 0.25) is 0 Å². The lowest BCUT2D eigenvalue weighted by atomic mass is 10.1. The first-order valence-electron chi connectivity index (χ1n) is 8.09. The molecule has 3 rings (SSSR count). The lowest BCUT2D eigenvalue weighted by Crippen LogP contribution is -2.25. The molecule has 0 bridgehead atoms. The largest absolute Gasteiger partial charge is 0.497 e. The third kappa shape index (κ3) is 4.62. The van der Waals surface area contributed by atoms with E-state index < -0.39 is 6.03 Å². The van der Waals surface area contributed by atoms with Crippen molar-refractivity contribution in [1.82, 2.24) is 10.3 Å². The van der Waals surface area contributed by atoms with Crippen LogP contribution in [0.15, 0.2) is 54.7 Å². The van der Waals surface area contributed by atoms with E-state index in [1.54, 1.807) is 25.4 Å². The van der Waals surface area contributed by atoms with E-state index in [2.05, 4.69) is 15.6 Å². The molecule has 0 unspecified atom stereocenters. The predicted molar refractivity (Wildman–Crippen MR) is 105 cm³/mol. The molecule has 3 aromatic rings. The van der Waals surface area contributed by atoms with Crippen molar-refractivity contribution >= 4 is 28.3 Å². The summed E-state index contributed by atoms with van der Waals surface area (Å²) >= 11 is 1.28. The highest BCUT2D eigenvalue weighted by atomic mass is 32.1. The molecular weight excluding hydrogens is 364 g/mol. The van der Waals surface area contributed by atoms with Gasteiger partial charge in [-0.1, -0.05) is 6.07 Å². The zero-order valence-corrected chi connectivity index (χ0v) is 15.4. The fourth-order valence-corrected chi connectivity index (χ4v) is 3.49. The number of nitrogens with zero attached hydrogens (tertiary/aromatic N) is 1. The van der Waals surface area contributed by atoms with E-state index in [0.717, 1.165) is 21.9 Å². The Kier molecular flexibility index (Phi) is 5.68. The summed E-state index contributed by atoms with van der Waals surface area (Å²) in [6.07, 6.45) is 1.66. The minimum atomic E-state index is -0.725. The molecular formula is C19H18N4O3S. The average Bonchev–Trinajstić information content (AvgIpc) is 3.10. The summed E-state index contributed by atoms with van der Waals surface area (Å²) in [4.78, 5) is 28.9. The number of urea groups is 1. The minimum Gasteiger partial charge on any atom is -0.497 e. The summed E-state index contributed by atoms with van der Waals surface area (Å²) in [7, 11) is 1.60. The Morgan fingerprint density at radius 3 is 2.59 bits per heavy atom. The second-order valence-electron chi connectivity index (χ2n) is 5.57. The van der Waals surface area contributed by atoms with Gasteiger partial charge in [0.2, 0.25) is 0 Å². The van der Waals surface area contributed by atoms with Crippen LogP contribution < -0.4 is 21.1 Å². The van der Waals surface area contributed by atoms with Crippen LogP contribution in [0.3, 0.4) is 0 Å². The average molecular weight is 382 g/mol. The minimum absolute atomic E-state index is 0.281. The number of carbonyl (C=O) groups is 2. The highest BCUT2D eigenvalue weighted by molar-refractivity contribution is 7.20. The molecule has 27 heavy (non-hydrogen) atoms. The summed E-state index contributed by atoms with van der Waals surface area (Å²) in [5.41, 5.74) is 7.23. The van der Waals surface area contributed by atoms with E-state index in [1.165, 1.54) is 11.3 Å². The van der Waals surface area contributed by atoms with Gasteiger partial charge in [0.05, 0.1) is 24.9 Å². The van der Waals surface area contributed by atoms with Crippen LogP contribution in [0.5, 0.6) is 5.75 Å². The lowest BCUT2D eigenvalue weighted by molar-refractivity contribution is 0.0951. The molecule has 0 saturated carbocycles. The third-order valence-electron chi connectivity index (χ3n) is 3.74. The first kappa shape index (κ1) is 18.4. The van der Waals surface area contributed by atoms with Crippen LogP contribution in [0.1, 0.15) is 16.1 Å². The Labute approximate surface area is 160 Å². The van der Waals surface area contributed by atoms with E-state index in [0.29, 0.717) is 10.6 Å². The Hall–Kier alpha value is -3.39. The highest BCUT2D eigenvalue weighted by Gasteiger charge is 2.18. The van der Waals surface area contributed by atoms with E-state index in [9.17, 15) is 9.59 Å². The molecule has 0 spiro atoms. The maximum atomic E-state index is 12.6. The summed E-state index contributed by atoms with van der Waals surface area (Å²) in [5.74, 6) is 0.416. The van der Waals surface area contributed by atoms with E-state index in [1.807, 2.05) is 36.4 Å². The van der Waals surface area contributed by atoms with Crippen molar-refractivity contribution in [2.24, 2.45) is 5.73 Å². The maximum Gasteiger partial charge on any atom is 0.317 e. The number of hydrogen-bond donors (Lipinski definition) is 3. The van der Waals surface area contributed by atoms with Crippen molar-refractivity contribution in [2.75, 3.05) is 12.4 Å². The number of ether oxygens (including phenoxy) is 1. The summed E-state index contributed by atoms with van der Waals surface area (Å²) in [5, 5.41) is 5.72. The molecule has 4 N–H and O–H groups in total. The van der Waals surface area contributed by atoms with Gasteiger partial charge >= 0.3 is 6.03 Å². The number of anilines is 1. The zero-order valence-electron chi connectivity index (χ0n) is 14.6. The van der Waals surface area contributed by atoms with Gasteiger partial charge in [-0.3, -0.25) is 15.1 Å². The Bertz CT molecular complexity index is 939. The number of carbonyl (C=O) groups excluding carboxylic acids is 2. The molecule has 0 fully saturated rings. The number of thiophene rings is 1. The molecule has 3 amide bonds. The first-order valence-corrected chi connectivity index (χ1v) is 8.91. The van der Waals surface area contributed by atoms with Crippen molar-refractivity contribution in [2.45, 2.75) is 6.54 Å². The molecule has 0 radical (unpaired) electrons. The number of benzene rings is 1. The van der Waals surface area contributed by atoms with Gasteiger partial charge in [-0.25, -0.2) is 4.79 Å². The Morgan fingerprint density at radius 2 is 1.96 bits per heavy atom. The number of methoxy groups -OCH3 is 1. The molecule has 1 aromatic carbocycles. The third-order valence-corrected chi connectivity index (χ3v) is 4.84. The number of nitrogens with one attached hydrogen (secondary N) is 2. The number of aromatic nitrogens is 1. The van der Waals surface area contributed by atoms with Gasteiger partial charge < -0.3 is 15.8 Å². The van der Waals surface area contributed by atoms with Gasteiger partial charge in [-0.2, -0.15) is 0 Å². The summed E-state index contributed by atoms with van der Waals surface area (Å²) in [6.45, 7) is 0.281. The standard InChI is InChI=1S/C19H18N4O3S/c1-26-14-7-5-12(6-8-14)16-10-15(18(27-16)23-19(20)25)17(24)22-11-13-4-2-3-9-21-13/h2-10H,11H2,1H3,(H,22,24)(H3,20,23,25). The smallest absolute Gasteiger partial charge is 0.317 e. The maximum absolute atomic E-state index is 12.6. The van der Waals surface area contributed by atoms with Crippen LogP contribution in [-0.2, 0) is 6.54 Å². The molecule has 0 saturated heterocycles. The molecule has 8 heteroatoms. The number of rotatable bonds is 6. The number of amides is 3. The molecule has 0 aliphatic heterocycles. The van der Waals surface area contributed by atoms with Gasteiger partial charge in [-0.05, 0) is 48.0 Å². The van der Waals surface area contributed by atoms with Crippen molar-refractivity contribution in [3.63, 3.8) is 0 Å². The van der Waals surface area contributed by atoms with Gasteiger partial charge in [0.25, 0.3) is 5.91 Å². The van der Waals surface area contributed by atoms with E-state index in [4.69, 9.17) is 10.5 Å². The Morgan fingerprint density at radius 1 is 1.19 bits per heavy atom. The van der Waals surface area contributed by atoms with Crippen molar-refractivity contribution in [3.8, 4) is 16.2 Å². The predicted octanol–water partition coefficient (Wildman–Crippen LogP) is 3.24. The van der Waals surface area contributed by atoms with Crippen molar-refractivity contribution in [1.29, 1.82) is 0 Å². The van der Waals surface area contributed by atoms with Crippen LogP contribution in [-0.4, -0.2) is 24.0 Å². The number of primary amides is 1. The fraction of sp³-hybridized carbons (Fsp3) is 0.105.